The van der Waals surface area contributed by atoms with Crippen LogP contribution in [0.15, 0.2) is 18.3 Å². The van der Waals surface area contributed by atoms with Gasteiger partial charge in [0.05, 0.1) is 12.7 Å². The Labute approximate surface area is 100 Å². The molecular weight excluding hydrogens is 216 g/mol. The van der Waals surface area contributed by atoms with E-state index in [1.807, 2.05) is 12.1 Å². The van der Waals surface area contributed by atoms with Gasteiger partial charge in [0.15, 0.2) is 0 Å². The number of ketones is 1. The maximum absolute atomic E-state index is 11.1. The Morgan fingerprint density at radius 3 is 2.94 bits per heavy atom. The van der Waals surface area contributed by atoms with Gasteiger partial charge in [-0.25, -0.2) is 4.98 Å². The summed E-state index contributed by atoms with van der Waals surface area (Å²) in [7, 11) is 0. The van der Waals surface area contributed by atoms with Crippen molar-refractivity contribution in [3.8, 4) is 6.07 Å². The number of aromatic nitrogens is 1. The fourth-order valence-corrected chi connectivity index (χ4v) is 1.94. The maximum atomic E-state index is 11.1. The molecule has 17 heavy (non-hydrogen) atoms. The molecule has 1 saturated carbocycles. The van der Waals surface area contributed by atoms with Crippen molar-refractivity contribution >= 4 is 5.78 Å². The van der Waals surface area contributed by atoms with Crippen molar-refractivity contribution in [3.05, 3.63) is 29.6 Å². The number of nitrogens with zero attached hydrogens (tertiary/aromatic N) is 2. The lowest BCUT2D eigenvalue weighted by atomic mass is 9.96. The molecule has 0 N–H and O–H groups in total. The number of ether oxygens (including phenoxy) is 1. The van der Waals surface area contributed by atoms with E-state index in [1.54, 1.807) is 12.3 Å². The van der Waals surface area contributed by atoms with E-state index in [0.717, 1.165) is 18.4 Å². The van der Waals surface area contributed by atoms with Gasteiger partial charge in [-0.15, -0.1) is 0 Å². The van der Waals surface area contributed by atoms with Gasteiger partial charge in [0, 0.05) is 24.6 Å². The van der Waals surface area contributed by atoms with Gasteiger partial charge in [-0.3, -0.25) is 4.79 Å². The number of Topliss-reactive ketones (excluding diaryl/α,β-unsaturated/α-hetero) is 1. The monoisotopic (exact) mass is 230 g/mol. The number of pyridine rings is 1. The Bertz CT molecular complexity index is 441. The number of rotatable bonds is 3. The van der Waals surface area contributed by atoms with E-state index in [-0.39, 0.29) is 6.10 Å². The van der Waals surface area contributed by atoms with Crippen molar-refractivity contribution < 1.29 is 9.53 Å². The summed E-state index contributed by atoms with van der Waals surface area (Å²) in [5, 5.41) is 8.88. The largest absolute Gasteiger partial charge is 0.373 e. The highest BCUT2D eigenvalue weighted by Crippen LogP contribution is 2.19. The van der Waals surface area contributed by atoms with Crippen molar-refractivity contribution in [2.24, 2.45) is 0 Å². The number of carbonyl (C=O) groups excluding carboxylic acids is 1. The minimum Gasteiger partial charge on any atom is -0.373 e. The minimum absolute atomic E-state index is 0.138. The summed E-state index contributed by atoms with van der Waals surface area (Å²) >= 11 is 0. The Hall–Kier alpha value is -1.73. The van der Waals surface area contributed by atoms with E-state index in [1.165, 1.54) is 0 Å². The molecule has 1 fully saturated rings. The molecule has 4 heteroatoms. The van der Waals surface area contributed by atoms with Crippen molar-refractivity contribution in [1.82, 2.24) is 4.98 Å². The van der Waals surface area contributed by atoms with Crippen LogP contribution >= 0.6 is 0 Å². The zero-order chi connectivity index (χ0) is 12.1. The molecule has 0 unspecified atom stereocenters. The molecule has 1 heterocycles. The second-order valence-electron chi connectivity index (χ2n) is 4.17. The second kappa shape index (κ2) is 5.55. The molecule has 0 radical (unpaired) electrons. The minimum atomic E-state index is 0.138. The molecule has 1 aromatic heterocycles. The van der Waals surface area contributed by atoms with Gasteiger partial charge in [-0.1, -0.05) is 6.07 Å². The predicted octanol–water partition coefficient (Wildman–Crippen LogP) is 1.98. The summed E-state index contributed by atoms with van der Waals surface area (Å²) in [6.45, 7) is 0.398. The normalized spacial score (nSPS) is 16.8. The van der Waals surface area contributed by atoms with Crippen LogP contribution in [-0.2, 0) is 16.1 Å². The average molecular weight is 230 g/mol. The third kappa shape index (κ3) is 3.11. The molecule has 0 spiro atoms. The van der Waals surface area contributed by atoms with Gasteiger partial charge in [-0.05, 0) is 18.9 Å². The second-order valence-corrected chi connectivity index (χ2v) is 4.17. The van der Waals surface area contributed by atoms with Crippen molar-refractivity contribution in [3.63, 3.8) is 0 Å². The number of hydrogen-bond acceptors (Lipinski definition) is 4. The molecule has 2 rings (SSSR count). The highest BCUT2D eigenvalue weighted by atomic mass is 16.5. The van der Waals surface area contributed by atoms with E-state index in [4.69, 9.17) is 10.00 Å². The SMILES string of the molecule is N#Cc1ncccc1COC1CCC(=O)CC1. The molecular formula is C13H14N2O2. The molecule has 0 saturated heterocycles. The quantitative estimate of drug-likeness (QED) is 0.796. The van der Waals surface area contributed by atoms with Crippen molar-refractivity contribution in [2.45, 2.75) is 38.4 Å². The first-order chi connectivity index (χ1) is 8.29. The Balaban J connectivity index is 1.90. The van der Waals surface area contributed by atoms with Crippen molar-refractivity contribution in [1.29, 1.82) is 5.26 Å². The molecule has 0 aromatic carbocycles. The molecule has 88 valence electrons. The third-order valence-corrected chi connectivity index (χ3v) is 2.96. The number of hydrogen-bond donors (Lipinski definition) is 0. The zero-order valence-electron chi connectivity index (χ0n) is 9.56. The molecule has 1 aromatic rings. The first-order valence-corrected chi connectivity index (χ1v) is 5.77. The van der Waals surface area contributed by atoms with Crippen LogP contribution in [0, 0.1) is 11.3 Å². The summed E-state index contributed by atoms with van der Waals surface area (Å²) in [6.07, 6.45) is 4.55. The average Bonchev–Trinajstić information content (AvgIpc) is 2.38. The predicted molar refractivity (Wildman–Crippen MR) is 61.0 cm³/mol. The van der Waals surface area contributed by atoms with Crippen molar-refractivity contribution in [2.75, 3.05) is 0 Å². The number of nitriles is 1. The Morgan fingerprint density at radius 1 is 1.47 bits per heavy atom. The number of carbonyl (C=O) groups is 1. The maximum Gasteiger partial charge on any atom is 0.145 e. The van der Waals surface area contributed by atoms with Gasteiger partial charge < -0.3 is 4.74 Å². The first kappa shape index (κ1) is 11.7. The lowest BCUT2D eigenvalue weighted by Crippen LogP contribution is -2.21. The summed E-state index contributed by atoms with van der Waals surface area (Å²) in [5.74, 6) is 0.323. The topological polar surface area (TPSA) is 63.0 Å². The first-order valence-electron chi connectivity index (χ1n) is 5.77. The third-order valence-electron chi connectivity index (χ3n) is 2.96. The molecule has 0 aliphatic heterocycles. The van der Waals surface area contributed by atoms with Crippen LogP contribution in [0.4, 0.5) is 0 Å². The lowest BCUT2D eigenvalue weighted by Gasteiger charge is -2.21. The van der Waals surface area contributed by atoms with Gasteiger partial charge >= 0.3 is 0 Å². The van der Waals surface area contributed by atoms with Gasteiger partial charge in [0.25, 0.3) is 0 Å². The van der Waals surface area contributed by atoms with E-state index in [0.29, 0.717) is 30.9 Å². The van der Waals surface area contributed by atoms with E-state index in [9.17, 15) is 4.79 Å². The van der Waals surface area contributed by atoms with Gasteiger partial charge in [0.2, 0.25) is 0 Å². The summed E-state index contributed by atoms with van der Waals surface area (Å²) in [4.78, 5) is 15.1. The summed E-state index contributed by atoms with van der Waals surface area (Å²) < 4.78 is 5.72. The van der Waals surface area contributed by atoms with Crippen LogP contribution in [0.2, 0.25) is 0 Å². The zero-order valence-corrected chi connectivity index (χ0v) is 9.56. The van der Waals surface area contributed by atoms with E-state index >= 15 is 0 Å². The van der Waals surface area contributed by atoms with E-state index in [2.05, 4.69) is 4.98 Å². The van der Waals surface area contributed by atoms with Gasteiger partial charge in [-0.2, -0.15) is 5.26 Å². The van der Waals surface area contributed by atoms with Crippen LogP contribution in [0.25, 0.3) is 0 Å². The Kier molecular flexibility index (Phi) is 3.84. The molecule has 0 atom stereocenters. The highest BCUT2D eigenvalue weighted by Gasteiger charge is 2.19. The molecule has 4 nitrogen and oxygen atoms in total. The van der Waals surface area contributed by atoms with Crippen LogP contribution in [0.5, 0.6) is 0 Å². The fourth-order valence-electron chi connectivity index (χ4n) is 1.94. The van der Waals surface area contributed by atoms with Crippen LogP contribution in [-0.4, -0.2) is 16.9 Å². The molecule has 0 amide bonds. The summed E-state index contributed by atoms with van der Waals surface area (Å²) in [6, 6.07) is 5.69. The molecule has 1 aliphatic rings. The highest BCUT2D eigenvalue weighted by molar-refractivity contribution is 5.79. The lowest BCUT2D eigenvalue weighted by molar-refractivity contribution is -0.123. The molecule has 0 bridgehead atoms. The fraction of sp³-hybridized carbons (Fsp3) is 0.462. The standard InChI is InChI=1S/C13H14N2O2/c14-8-13-10(2-1-7-15-13)9-17-12-5-3-11(16)4-6-12/h1-2,7,12H,3-6,9H2. The smallest absolute Gasteiger partial charge is 0.145 e. The Morgan fingerprint density at radius 2 is 2.24 bits per heavy atom. The van der Waals surface area contributed by atoms with Gasteiger partial charge in [0.1, 0.15) is 17.5 Å². The van der Waals surface area contributed by atoms with Crippen LogP contribution in [0.1, 0.15) is 36.9 Å². The molecule has 1 aliphatic carbocycles. The van der Waals surface area contributed by atoms with Crippen LogP contribution in [0.3, 0.4) is 0 Å². The van der Waals surface area contributed by atoms with E-state index < -0.39 is 0 Å². The van der Waals surface area contributed by atoms with Crippen LogP contribution < -0.4 is 0 Å². The summed E-state index contributed by atoms with van der Waals surface area (Å²) in [5.41, 5.74) is 1.23.